The fourth-order valence-corrected chi connectivity index (χ4v) is 5.17. The van der Waals surface area contributed by atoms with Crippen LogP contribution in [-0.2, 0) is 19.6 Å². The summed E-state index contributed by atoms with van der Waals surface area (Å²) in [6.07, 6.45) is 1.05. The molecule has 1 heterocycles. The quantitative estimate of drug-likeness (QED) is 0.301. The summed E-state index contributed by atoms with van der Waals surface area (Å²) < 4.78 is 37.3. The molecule has 1 aliphatic rings. The molecule has 0 saturated carbocycles. The van der Waals surface area contributed by atoms with Crippen molar-refractivity contribution in [2.75, 3.05) is 48.0 Å². The summed E-state index contributed by atoms with van der Waals surface area (Å²) in [5, 5.41) is 8.73. The molecule has 4 rings (SSSR count). The number of rotatable bonds is 11. The van der Waals surface area contributed by atoms with Crippen LogP contribution in [-0.4, -0.2) is 53.3 Å². The molecule has 0 saturated heterocycles. The largest absolute Gasteiger partial charge is 0.490 e. The van der Waals surface area contributed by atoms with Crippen LogP contribution in [0.25, 0.3) is 11.3 Å². The maximum Gasteiger partial charge on any atom is 0.258 e. The molecule has 3 aromatic carbocycles. The summed E-state index contributed by atoms with van der Waals surface area (Å²) in [5.41, 5.74) is 3.96. The molecule has 2 amide bonds. The van der Waals surface area contributed by atoms with E-state index in [2.05, 4.69) is 16.0 Å². The van der Waals surface area contributed by atoms with E-state index in [0.29, 0.717) is 58.6 Å². The SMILES string of the molecule is CCOc1cc2c(cc1OCC)/C(=C(/Nc1ccc(N(CC(=O)NC)S(C)(=O)=O)cc1)c1ccccc1)C(=O)N2. The van der Waals surface area contributed by atoms with Gasteiger partial charge in [0.05, 0.1) is 42.1 Å². The molecule has 0 aliphatic carbocycles. The summed E-state index contributed by atoms with van der Waals surface area (Å²) in [6.45, 7) is 4.29. The molecular weight excluding hydrogens is 532 g/mol. The van der Waals surface area contributed by atoms with Gasteiger partial charge < -0.3 is 25.4 Å². The predicted octanol–water partition coefficient (Wildman–Crippen LogP) is 3.93. The summed E-state index contributed by atoms with van der Waals surface area (Å²) in [4.78, 5) is 25.3. The molecule has 210 valence electrons. The third-order valence-electron chi connectivity index (χ3n) is 6.13. The summed E-state index contributed by atoms with van der Waals surface area (Å²) in [5.74, 6) is 0.351. The number of ether oxygens (including phenoxy) is 2. The van der Waals surface area contributed by atoms with E-state index < -0.39 is 15.9 Å². The first-order valence-corrected chi connectivity index (χ1v) is 14.6. The number of anilines is 3. The number of carbonyl (C=O) groups is 2. The molecule has 3 N–H and O–H groups in total. The van der Waals surface area contributed by atoms with Gasteiger partial charge in [0.15, 0.2) is 11.5 Å². The number of hydrogen-bond acceptors (Lipinski definition) is 7. The number of amides is 2. The Hall–Kier alpha value is -4.51. The lowest BCUT2D eigenvalue weighted by Gasteiger charge is -2.22. The monoisotopic (exact) mass is 564 g/mol. The zero-order chi connectivity index (χ0) is 28.9. The molecule has 1 aliphatic heterocycles. The number of carbonyl (C=O) groups excluding carboxylic acids is 2. The minimum atomic E-state index is -3.70. The standard InChI is InChI=1S/C29H32N4O6S/c1-5-38-24-16-22-23(17-25(24)39-6-2)32-29(35)27(22)28(19-10-8-7-9-11-19)31-20-12-14-21(15-13-20)33(40(4,36)37)18-26(34)30-3/h7-17,31H,5-6,18H2,1-4H3,(H,30,34)(H,32,35)/b28-27-. The molecule has 10 nitrogen and oxygen atoms in total. The van der Waals surface area contributed by atoms with Crippen molar-refractivity contribution in [1.82, 2.24) is 5.32 Å². The second-order valence-electron chi connectivity index (χ2n) is 8.90. The second kappa shape index (κ2) is 12.1. The highest BCUT2D eigenvalue weighted by Gasteiger charge is 2.31. The van der Waals surface area contributed by atoms with Gasteiger partial charge in [0.1, 0.15) is 6.54 Å². The van der Waals surface area contributed by atoms with Gasteiger partial charge in [-0.25, -0.2) is 8.42 Å². The third-order valence-corrected chi connectivity index (χ3v) is 7.27. The number of fused-ring (bicyclic) bond motifs is 1. The van der Waals surface area contributed by atoms with Crippen molar-refractivity contribution < 1.29 is 27.5 Å². The first-order valence-electron chi connectivity index (χ1n) is 12.8. The lowest BCUT2D eigenvalue weighted by Crippen LogP contribution is -2.39. The Kier molecular flexibility index (Phi) is 8.64. The molecular formula is C29H32N4O6S. The summed E-state index contributed by atoms with van der Waals surface area (Å²) >= 11 is 0. The Morgan fingerprint density at radius 2 is 1.57 bits per heavy atom. The number of nitrogens with zero attached hydrogens (tertiary/aromatic N) is 1. The van der Waals surface area contributed by atoms with E-state index >= 15 is 0 Å². The highest BCUT2D eigenvalue weighted by Crippen LogP contribution is 2.43. The molecule has 3 aromatic rings. The zero-order valence-corrected chi connectivity index (χ0v) is 23.6. The molecule has 0 spiro atoms. The van der Waals surface area contributed by atoms with Gasteiger partial charge in [0.25, 0.3) is 5.91 Å². The van der Waals surface area contributed by atoms with Crippen molar-refractivity contribution in [2.45, 2.75) is 13.8 Å². The molecule has 0 atom stereocenters. The maximum atomic E-state index is 13.4. The maximum absolute atomic E-state index is 13.4. The minimum absolute atomic E-state index is 0.289. The summed E-state index contributed by atoms with van der Waals surface area (Å²) in [7, 11) is -2.26. The normalized spacial score (nSPS) is 13.7. The third kappa shape index (κ3) is 6.20. The van der Waals surface area contributed by atoms with Gasteiger partial charge in [-0.05, 0) is 49.7 Å². The number of sulfonamides is 1. The second-order valence-corrected chi connectivity index (χ2v) is 10.8. The lowest BCUT2D eigenvalue weighted by atomic mass is 9.99. The van der Waals surface area contributed by atoms with Crippen molar-refractivity contribution in [1.29, 1.82) is 0 Å². The summed E-state index contributed by atoms with van der Waals surface area (Å²) in [6, 6.07) is 19.6. The lowest BCUT2D eigenvalue weighted by molar-refractivity contribution is -0.119. The van der Waals surface area contributed by atoms with Crippen LogP contribution in [0.3, 0.4) is 0 Å². The molecule has 0 radical (unpaired) electrons. The van der Waals surface area contributed by atoms with Crippen molar-refractivity contribution in [3.63, 3.8) is 0 Å². The van der Waals surface area contributed by atoms with E-state index in [-0.39, 0.29) is 12.5 Å². The van der Waals surface area contributed by atoms with E-state index in [9.17, 15) is 18.0 Å². The van der Waals surface area contributed by atoms with Crippen LogP contribution in [0.15, 0.2) is 66.7 Å². The Balaban J connectivity index is 1.79. The smallest absolute Gasteiger partial charge is 0.258 e. The molecule has 11 heteroatoms. The van der Waals surface area contributed by atoms with Crippen LogP contribution < -0.4 is 29.7 Å². The van der Waals surface area contributed by atoms with Gasteiger partial charge in [0, 0.05) is 24.4 Å². The first kappa shape index (κ1) is 28.5. The van der Waals surface area contributed by atoms with E-state index in [1.54, 1.807) is 36.4 Å². The van der Waals surface area contributed by atoms with Gasteiger partial charge in [-0.15, -0.1) is 0 Å². The zero-order valence-electron chi connectivity index (χ0n) is 22.8. The Labute approximate surface area is 234 Å². The van der Waals surface area contributed by atoms with Gasteiger partial charge in [-0.1, -0.05) is 30.3 Å². The highest BCUT2D eigenvalue weighted by molar-refractivity contribution is 7.92. The molecule has 40 heavy (non-hydrogen) atoms. The van der Waals surface area contributed by atoms with Crippen LogP contribution >= 0.6 is 0 Å². The van der Waals surface area contributed by atoms with Gasteiger partial charge >= 0.3 is 0 Å². The fourth-order valence-electron chi connectivity index (χ4n) is 4.31. The molecule has 0 bridgehead atoms. The highest BCUT2D eigenvalue weighted by atomic mass is 32.2. The average molecular weight is 565 g/mol. The predicted molar refractivity (Wildman–Crippen MR) is 157 cm³/mol. The first-order chi connectivity index (χ1) is 19.2. The van der Waals surface area contributed by atoms with Crippen LogP contribution in [0.2, 0.25) is 0 Å². The topological polar surface area (TPSA) is 126 Å². The van der Waals surface area contributed by atoms with Crippen molar-refractivity contribution in [2.24, 2.45) is 0 Å². The van der Waals surface area contributed by atoms with E-state index in [0.717, 1.165) is 16.1 Å². The average Bonchev–Trinajstić information content (AvgIpc) is 3.25. The van der Waals surface area contributed by atoms with Gasteiger partial charge in [-0.2, -0.15) is 0 Å². The van der Waals surface area contributed by atoms with Crippen LogP contribution in [0.1, 0.15) is 25.0 Å². The fraction of sp³-hybridized carbons (Fsp3) is 0.241. The van der Waals surface area contributed by atoms with Gasteiger partial charge in [-0.3, -0.25) is 13.9 Å². The van der Waals surface area contributed by atoms with Crippen LogP contribution in [0.4, 0.5) is 17.1 Å². The van der Waals surface area contributed by atoms with E-state index in [1.807, 2.05) is 44.2 Å². The van der Waals surface area contributed by atoms with Crippen molar-refractivity contribution >= 4 is 50.2 Å². The van der Waals surface area contributed by atoms with E-state index in [4.69, 9.17) is 9.47 Å². The number of benzene rings is 3. The molecule has 0 aromatic heterocycles. The van der Waals surface area contributed by atoms with Crippen molar-refractivity contribution in [3.8, 4) is 11.5 Å². The van der Waals surface area contributed by atoms with Crippen molar-refractivity contribution in [3.05, 3.63) is 77.9 Å². The number of nitrogens with one attached hydrogen (secondary N) is 3. The van der Waals surface area contributed by atoms with Crippen LogP contribution in [0, 0.1) is 0 Å². The van der Waals surface area contributed by atoms with Crippen LogP contribution in [0.5, 0.6) is 11.5 Å². The Bertz CT molecular complexity index is 1540. The number of likely N-dealkylation sites (N-methyl/N-ethyl adjacent to an activating group) is 1. The minimum Gasteiger partial charge on any atom is -0.490 e. The van der Waals surface area contributed by atoms with Gasteiger partial charge in [0.2, 0.25) is 15.9 Å². The molecule has 0 fully saturated rings. The molecule has 0 unspecified atom stereocenters. The number of hydrogen-bond donors (Lipinski definition) is 3. The Morgan fingerprint density at radius 1 is 0.950 bits per heavy atom. The van der Waals surface area contributed by atoms with E-state index in [1.165, 1.54) is 7.05 Å². The Morgan fingerprint density at radius 3 is 2.15 bits per heavy atom.